The molecule has 3 N–H and O–H groups in total. The monoisotopic (exact) mass is 177 g/mol. The van der Waals surface area contributed by atoms with Crippen molar-refractivity contribution >= 4 is 0 Å². The van der Waals surface area contributed by atoms with Gasteiger partial charge in [0.15, 0.2) is 0 Å². The van der Waals surface area contributed by atoms with E-state index in [9.17, 15) is 5.11 Å². The van der Waals surface area contributed by atoms with Gasteiger partial charge in [-0.1, -0.05) is 42.5 Å². The lowest BCUT2D eigenvalue weighted by molar-refractivity contribution is 0.192. The Morgan fingerprint density at radius 1 is 1.31 bits per heavy atom. The topological polar surface area (TPSA) is 46.2 Å². The quantitative estimate of drug-likeness (QED) is 0.689. The van der Waals surface area contributed by atoms with Crippen LogP contribution in [0.15, 0.2) is 42.5 Å². The van der Waals surface area contributed by atoms with Gasteiger partial charge in [0.1, 0.15) is 0 Å². The molecule has 13 heavy (non-hydrogen) atoms. The van der Waals surface area contributed by atoms with Crippen molar-refractivity contribution in [2.45, 2.75) is 19.1 Å². The lowest BCUT2D eigenvalue weighted by atomic mass is 10.0. The zero-order valence-electron chi connectivity index (χ0n) is 7.72. The maximum atomic E-state index is 9.56. The van der Waals surface area contributed by atoms with Gasteiger partial charge < -0.3 is 10.8 Å². The number of rotatable bonds is 3. The molecule has 0 bridgehead atoms. The molecule has 0 spiro atoms. The Hall–Kier alpha value is -1.12. The largest absolute Gasteiger partial charge is 0.387 e. The van der Waals surface area contributed by atoms with E-state index < -0.39 is 6.10 Å². The standard InChI is InChI=1S/C11H15NO/c1-2-6-10(13)11(12)9-7-4-3-5-8-9/h2-8,10-11,13H,12H2,1H3. The van der Waals surface area contributed by atoms with Crippen LogP contribution in [0.1, 0.15) is 18.5 Å². The van der Waals surface area contributed by atoms with Gasteiger partial charge >= 0.3 is 0 Å². The average Bonchev–Trinajstić information content (AvgIpc) is 2.18. The summed E-state index contributed by atoms with van der Waals surface area (Å²) >= 11 is 0. The van der Waals surface area contributed by atoms with Crippen LogP contribution >= 0.6 is 0 Å². The molecule has 0 radical (unpaired) electrons. The summed E-state index contributed by atoms with van der Waals surface area (Å²) in [7, 11) is 0. The Kier molecular flexibility index (Phi) is 3.68. The van der Waals surface area contributed by atoms with Gasteiger partial charge in [-0.3, -0.25) is 0 Å². The Morgan fingerprint density at radius 3 is 2.46 bits per heavy atom. The summed E-state index contributed by atoms with van der Waals surface area (Å²) in [6, 6.07) is 9.25. The molecule has 0 aliphatic rings. The molecule has 0 aromatic heterocycles. The SMILES string of the molecule is CC=CC(O)C(N)c1ccccc1. The summed E-state index contributed by atoms with van der Waals surface area (Å²) in [5.74, 6) is 0. The number of aliphatic hydroxyl groups excluding tert-OH is 1. The van der Waals surface area contributed by atoms with Crippen LogP contribution in [0.4, 0.5) is 0 Å². The maximum Gasteiger partial charge on any atom is 0.0913 e. The molecule has 2 unspecified atom stereocenters. The lowest BCUT2D eigenvalue weighted by Gasteiger charge is -2.15. The van der Waals surface area contributed by atoms with Crippen LogP contribution < -0.4 is 5.73 Å². The van der Waals surface area contributed by atoms with Gasteiger partial charge in [-0.2, -0.15) is 0 Å². The molecular weight excluding hydrogens is 162 g/mol. The molecule has 1 aromatic carbocycles. The highest BCUT2D eigenvalue weighted by Crippen LogP contribution is 2.14. The van der Waals surface area contributed by atoms with Crippen LogP contribution in [-0.4, -0.2) is 11.2 Å². The fourth-order valence-corrected chi connectivity index (χ4v) is 1.19. The van der Waals surface area contributed by atoms with Crippen LogP contribution in [0.3, 0.4) is 0 Å². The third-order valence-electron chi connectivity index (χ3n) is 1.94. The number of hydrogen-bond acceptors (Lipinski definition) is 2. The fraction of sp³-hybridized carbons (Fsp3) is 0.273. The Labute approximate surface area is 78.7 Å². The van der Waals surface area contributed by atoms with Gasteiger partial charge in [-0.25, -0.2) is 0 Å². The average molecular weight is 177 g/mol. The molecule has 70 valence electrons. The van der Waals surface area contributed by atoms with Gasteiger partial charge in [0.05, 0.1) is 12.1 Å². The third kappa shape index (κ3) is 2.68. The van der Waals surface area contributed by atoms with E-state index in [0.717, 1.165) is 5.56 Å². The molecule has 0 aliphatic heterocycles. The maximum absolute atomic E-state index is 9.56. The number of aliphatic hydroxyl groups is 1. The highest BCUT2D eigenvalue weighted by Gasteiger charge is 2.12. The predicted octanol–water partition coefficient (Wildman–Crippen LogP) is 1.62. The van der Waals surface area contributed by atoms with E-state index in [1.54, 1.807) is 12.2 Å². The summed E-state index contributed by atoms with van der Waals surface area (Å²) in [6.45, 7) is 1.86. The van der Waals surface area contributed by atoms with E-state index in [1.165, 1.54) is 0 Å². The minimum absolute atomic E-state index is 0.336. The second-order valence-electron chi connectivity index (χ2n) is 2.95. The molecule has 0 amide bonds. The summed E-state index contributed by atoms with van der Waals surface area (Å²) in [5, 5.41) is 9.56. The minimum atomic E-state index is -0.604. The van der Waals surface area contributed by atoms with Crippen LogP contribution in [0.5, 0.6) is 0 Å². The molecule has 0 fully saturated rings. The first-order valence-electron chi connectivity index (χ1n) is 4.37. The molecule has 2 heteroatoms. The number of nitrogens with two attached hydrogens (primary N) is 1. The van der Waals surface area contributed by atoms with Crippen molar-refractivity contribution in [3.8, 4) is 0 Å². The molecule has 1 rings (SSSR count). The summed E-state index contributed by atoms with van der Waals surface area (Å²) < 4.78 is 0. The zero-order chi connectivity index (χ0) is 9.68. The van der Waals surface area contributed by atoms with E-state index in [0.29, 0.717) is 0 Å². The van der Waals surface area contributed by atoms with Gasteiger partial charge in [0.2, 0.25) is 0 Å². The minimum Gasteiger partial charge on any atom is -0.387 e. The summed E-state index contributed by atoms with van der Waals surface area (Å²) in [5.41, 5.74) is 6.78. The lowest BCUT2D eigenvalue weighted by Crippen LogP contribution is -2.24. The first kappa shape index (κ1) is 9.96. The van der Waals surface area contributed by atoms with Crippen LogP contribution in [-0.2, 0) is 0 Å². The van der Waals surface area contributed by atoms with Gasteiger partial charge in [-0.15, -0.1) is 0 Å². The van der Waals surface area contributed by atoms with Gasteiger partial charge in [0.25, 0.3) is 0 Å². The Bertz CT molecular complexity index is 269. The van der Waals surface area contributed by atoms with Crippen molar-refractivity contribution in [3.63, 3.8) is 0 Å². The van der Waals surface area contributed by atoms with Crippen molar-refractivity contribution in [3.05, 3.63) is 48.0 Å². The summed E-state index contributed by atoms with van der Waals surface area (Å²) in [6.07, 6.45) is 2.89. The molecule has 0 saturated carbocycles. The molecule has 2 nitrogen and oxygen atoms in total. The normalized spacial score (nSPS) is 15.9. The van der Waals surface area contributed by atoms with Crippen LogP contribution in [0, 0.1) is 0 Å². The number of benzene rings is 1. The van der Waals surface area contributed by atoms with Crippen molar-refractivity contribution in [2.24, 2.45) is 5.73 Å². The second-order valence-corrected chi connectivity index (χ2v) is 2.95. The van der Waals surface area contributed by atoms with Crippen LogP contribution in [0.25, 0.3) is 0 Å². The Morgan fingerprint density at radius 2 is 1.92 bits per heavy atom. The van der Waals surface area contributed by atoms with Crippen molar-refractivity contribution in [1.82, 2.24) is 0 Å². The first-order chi connectivity index (χ1) is 6.25. The molecular formula is C11H15NO. The zero-order valence-corrected chi connectivity index (χ0v) is 7.72. The van der Waals surface area contributed by atoms with E-state index in [2.05, 4.69) is 0 Å². The van der Waals surface area contributed by atoms with Gasteiger partial charge in [0, 0.05) is 0 Å². The first-order valence-corrected chi connectivity index (χ1v) is 4.37. The van der Waals surface area contributed by atoms with E-state index in [1.807, 2.05) is 37.3 Å². The molecule has 1 aromatic rings. The van der Waals surface area contributed by atoms with Crippen molar-refractivity contribution in [2.75, 3.05) is 0 Å². The van der Waals surface area contributed by atoms with E-state index in [4.69, 9.17) is 5.73 Å². The predicted molar refractivity (Wildman–Crippen MR) is 54.2 cm³/mol. The molecule has 0 heterocycles. The molecule has 0 saturated heterocycles. The molecule has 2 atom stereocenters. The molecule has 0 aliphatic carbocycles. The Balaban J connectivity index is 2.73. The fourth-order valence-electron chi connectivity index (χ4n) is 1.19. The smallest absolute Gasteiger partial charge is 0.0913 e. The number of allylic oxidation sites excluding steroid dienone is 1. The third-order valence-corrected chi connectivity index (χ3v) is 1.94. The van der Waals surface area contributed by atoms with Crippen molar-refractivity contribution in [1.29, 1.82) is 0 Å². The second kappa shape index (κ2) is 4.80. The number of hydrogen-bond donors (Lipinski definition) is 2. The van der Waals surface area contributed by atoms with E-state index in [-0.39, 0.29) is 6.04 Å². The van der Waals surface area contributed by atoms with Gasteiger partial charge in [-0.05, 0) is 12.5 Å². The highest BCUT2D eigenvalue weighted by atomic mass is 16.3. The van der Waals surface area contributed by atoms with Crippen molar-refractivity contribution < 1.29 is 5.11 Å². The summed E-state index contributed by atoms with van der Waals surface area (Å²) in [4.78, 5) is 0. The van der Waals surface area contributed by atoms with Crippen LogP contribution in [0.2, 0.25) is 0 Å². The highest BCUT2D eigenvalue weighted by molar-refractivity contribution is 5.20. The van der Waals surface area contributed by atoms with E-state index >= 15 is 0 Å².